The van der Waals surface area contributed by atoms with Gasteiger partial charge in [0.15, 0.2) is 25.6 Å². The molecular formula is C31H38N6O5Si. The van der Waals surface area contributed by atoms with Crippen LogP contribution in [-0.4, -0.2) is 59.4 Å². The molecule has 0 aliphatic heterocycles. The van der Waals surface area contributed by atoms with E-state index in [4.69, 9.17) is 18.6 Å². The van der Waals surface area contributed by atoms with Crippen LogP contribution in [0, 0.1) is 0 Å². The van der Waals surface area contributed by atoms with Crippen LogP contribution in [0.4, 0.5) is 5.69 Å². The average molecular weight is 603 g/mol. The fourth-order valence-electron chi connectivity index (χ4n) is 4.46. The number of rotatable bonds is 11. The van der Waals surface area contributed by atoms with Crippen LogP contribution in [-0.2, 0) is 22.3 Å². The molecule has 0 aliphatic rings. The fourth-order valence-corrected chi connectivity index (χ4v) is 5.49. The van der Waals surface area contributed by atoms with Crippen molar-refractivity contribution in [2.75, 3.05) is 26.1 Å². The molecule has 43 heavy (non-hydrogen) atoms. The summed E-state index contributed by atoms with van der Waals surface area (Å²) >= 11 is 0. The molecule has 5 aromatic rings. The van der Waals surface area contributed by atoms with Crippen LogP contribution >= 0.6 is 0 Å². The first-order valence-electron chi connectivity index (χ1n) is 14.1. The first-order chi connectivity index (χ1) is 20.5. The van der Waals surface area contributed by atoms with E-state index in [1.807, 2.05) is 18.2 Å². The standard InChI is InChI=1S/C31H38N6O5Si/c1-31(2,3)43(6,7)41-13-12-36-11-10-21-8-9-22(14-26(21)36)35-29(38)19-37-18-23(17-34-37)42-30-24-15-27(39-4)28(40-5)16-25(24)32-20-33-30/h8-11,14-18,20H,12-13,19H2,1-7H3,(H,35,38). The van der Waals surface area contributed by atoms with E-state index in [-0.39, 0.29) is 17.5 Å². The van der Waals surface area contributed by atoms with Crippen molar-refractivity contribution in [2.24, 2.45) is 0 Å². The molecule has 0 unspecified atom stereocenters. The number of carbonyl (C=O) groups excluding carboxylic acids is 1. The molecule has 0 saturated carbocycles. The van der Waals surface area contributed by atoms with Crippen LogP contribution in [0.2, 0.25) is 18.1 Å². The van der Waals surface area contributed by atoms with E-state index in [1.54, 1.807) is 32.5 Å². The zero-order chi connectivity index (χ0) is 30.8. The summed E-state index contributed by atoms with van der Waals surface area (Å²) in [4.78, 5) is 21.5. The van der Waals surface area contributed by atoms with Gasteiger partial charge in [-0.25, -0.2) is 9.97 Å². The molecule has 0 spiro atoms. The number of carbonyl (C=O) groups is 1. The number of anilines is 1. The maximum Gasteiger partial charge on any atom is 0.246 e. The maximum absolute atomic E-state index is 12.9. The summed E-state index contributed by atoms with van der Waals surface area (Å²) in [7, 11) is 1.31. The van der Waals surface area contributed by atoms with Crippen molar-refractivity contribution in [1.29, 1.82) is 0 Å². The molecular weight excluding hydrogens is 564 g/mol. The molecule has 1 N–H and O–H groups in total. The van der Waals surface area contributed by atoms with Gasteiger partial charge >= 0.3 is 0 Å². The highest BCUT2D eigenvalue weighted by Crippen LogP contribution is 2.37. The van der Waals surface area contributed by atoms with Gasteiger partial charge < -0.3 is 28.5 Å². The molecule has 0 radical (unpaired) electrons. The second-order valence-electron chi connectivity index (χ2n) is 11.8. The lowest BCUT2D eigenvalue weighted by atomic mass is 10.2. The minimum absolute atomic E-state index is 0.0122. The number of hydrogen-bond donors (Lipinski definition) is 1. The summed E-state index contributed by atoms with van der Waals surface area (Å²) in [5.74, 6) is 1.65. The number of fused-ring (bicyclic) bond motifs is 2. The Kier molecular flexibility index (Phi) is 8.42. The largest absolute Gasteiger partial charge is 0.493 e. The predicted octanol–water partition coefficient (Wildman–Crippen LogP) is 6.25. The van der Waals surface area contributed by atoms with E-state index in [1.165, 1.54) is 17.2 Å². The monoisotopic (exact) mass is 602 g/mol. The highest BCUT2D eigenvalue weighted by atomic mass is 28.4. The topological polar surface area (TPSA) is 115 Å². The first-order valence-corrected chi connectivity index (χ1v) is 17.0. The number of aromatic nitrogens is 5. The Bertz CT molecular complexity index is 1760. The van der Waals surface area contributed by atoms with Crippen molar-refractivity contribution in [3.63, 3.8) is 0 Å². The lowest BCUT2D eigenvalue weighted by Gasteiger charge is -2.36. The maximum atomic E-state index is 12.9. The van der Waals surface area contributed by atoms with E-state index in [2.05, 4.69) is 71.1 Å². The van der Waals surface area contributed by atoms with Gasteiger partial charge in [0.05, 0.1) is 49.6 Å². The van der Waals surface area contributed by atoms with Crippen molar-refractivity contribution in [3.05, 3.63) is 61.3 Å². The average Bonchev–Trinajstić information content (AvgIpc) is 3.57. The van der Waals surface area contributed by atoms with Gasteiger partial charge in [0.1, 0.15) is 12.9 Å². The lowest BCUT2D eigenvalue weighted by Crippen LogP contribution is -2.41. The highest BCUT2D eigenvalue weighted by molar-refractivity contribution is 6.74. The number of benzene rings is 2. The fraction of sp³-hybridized carbons (Fsp3) is 0.355. The summed E-state index contributed by atoms with van der Waals surface area (Å²) in [5.41, 5.74) is 2.39. The number of hydrogen-bond acceptors (Lipinski definition) is 8. The van der Waals surface area contributed by atoms with Crippen LogP contribution in [0.25, 0.3) is 21.8 Å². The molecule has 0 bridgehead atoms. The predicted molar refractivity (Wildman–Crippen MR) is 169 cm³/mol. The molecule has 0 atom stereocenters. The molecule has 12 heteroatoms. The van der Waals surface area contributed by atoms with Gasteiger partial charge in [0.2, 0.25) is 11.8 Å². The minimum atomic E-state index is -1.82. The zero-order valence-electron chi connectivity index (χ0n) is 25.7. The Labute approximate surface area is 251 Å². The summed E-state index contributed by atoms with van der Waals surface area (Å²) in [6.45, 7) is 12.6. The lowest BCUT2D eigenvalue weighted by molar-refractivity contribution is -0.116. The van der Waals surface area contributed by atoms with Crippen molar-refractivity contribution in [1.82, 2.24) is 24.3 Å². The van der Waals surface area contributed by atoms with Gasteiger partial charge in [0, 0.05) is 24.5 Å². The minimum Gasteiger partial charge on any atom is -0.493 e. The van der Waals surface area contributed by atoms with Gasteiger partial charge in [0.25, 0.3) is 0 Å². The number of amides is 1. The number of methoxy groups -OCH3 is 2. The molecule has 0 aliphatic carbocycles. The third kappa shape index (κ3) is 6.65. The summed E-state index contributed by atoms with van der Waals surface area (Å²) in [6, 6.07) is 11.5. The normalized spacial score (nSPS) is 12.1. The van der Waals surface area contributed by atoms with Crippen LogP contribution in [0.15, 0.2) is 61.3 Å². The highest BCUT2D eigenvalue weighted by Gasteiger charge is 2.36. The van der Waals surface area contributed by atoms with Gasteiger partial charge in [-0.05, 0) is 47.8 Å². The van der Waals surface area contributed by atoms with Crippen LogP contribution < -0.4 is 19.5 Å². The summed E-state index contributed by atoms with van der Waals surface area (Å²) in [6.07, 6.45) is 6.65. The van der Waals surface area contributed by atoms with Crippen molar-refractivity contribution < 1.29 is 23.4 Å². The molecule has 3 aromatic heterocycles. The van der Waals surface area contributed by atoms with Crippen LogP contribution in [0.5, 0.6) is 23.1 Å². The van der Waals surface area contributed by atoms with Crippen LogP contribution in [0.3, 0.4) is 0 Å². The Balaban J connectivity index is 1.23. The Hall–Kier alpha value is -4.42. The molecule has 11 nitrogen and oxygen atoms in total. The first kappa shape index (κ1) is 30.0. The van der Waals surface area contributed by atoms with Gasteiger partial charge in [-0.1, -0.05) is 26.8 Å². The molecule has 0 fully saturated rings. The van der Waals surface area contributed by atoms with Gasteiger partial charge in [-0.15, -0.1) is 0 Å². The number of nitrogens with one attached hydrogen (secondary N) is 1. The van der Waals surface area contributed by atoms with E-state index < -0.39 is 8.32 Å². The third-order valence-corrected chi connectivity index (χ3v) is 12.4. The molecule has 3 heterocycles. The molecule has 0 saturated heterocycles. The Morgan fingerprint density at radius 2 is 1.79 bits per heavy atom. The molecule has 226 valence electrons. The third-order valence-electron chi connectivity index (χ3n) is 7.89. The summed E-state index contributed by atoms with van der Waals surface area (Å²) < 4.78 is 26.8. The SMILES string of the molecule is COc1cc2ncnc(Oc3cnn(CC(=O)Nc4ccc5ccn(CCO[Si](C)(C)C(C)(C)C)c5c4)c3)c2cc1OC. The zero-order valence-corrected chi connectivity index (χ0v) is 26.7. The second kappa shape index (κ2) is 12.1. The van der Waals surface area contributed by atoms with Gasteiger partial charge in [-0.3, -0.25) is 9.48 Å². The second-order valence-corrected chi connectivity index (χ2v) is 16.6. The van der Waals surface area contributed by atoms with E-state index in [0.29, 0.717) is 46.3 Å². The van der Waals surface area contributed by atoms with Crippen molar-refractivity contribution in [2.45, 2.75) is 52.0 Å². The Morgan fingerprint density at radius 3 is 2.53 bits per heavy atom. The number of ether oxygens (including phenoxy) is 3. The molecule has 5 rings (SSSR count). The van der Waals surface area contributed by atoms with Crippen molar-refractivity contribution >= 4 is 41.7 Å². The van der Waals surface area contributed by atoms with E-state index >= 15 is 0 Å². The van der Waals surface area contributed by atoms with E-state index in [9.17, 15) is 4.79 Å². The Morgan fingerprint density at radius 1 is 1.02 bits per heavy atom. The van der Waals surface area contributed by atoms with Crippen LogP contribution in [0.1, 0.15) is 20.8 Å². The summed E-state index contributed by atoms with van der Waals surface area (Å²) in [5, 5.41) is 9.19. The van der Waals surface area contributed by atoms with Gasteiger partial charge in [-0.2, -0.15) is 5.10 Å². The van der Waals surface area contributed by atoms with E-state index in [0.717, 1.165) is 17.4 Å². The molecule has 1 amide bonds. The quantitative estimate of drug-likeness (QED) is 0.177. The number of nitrogens with zero attached hydrogens (tertiary/aromatic N) is 5. The van der Waals surface area contributed by atoms with Crippen molar-refractivity contribution in [3.8, 4) is 23.1 Å². The smallest absolute Gasteiger partial charge is 0.246 e. The molecule has 2 aromatic carbocycles.